The third-order valence-corrected chi connectivity index (χ3v) is 5.60. The molecule has 0 spiro atoms. The minimum absolute atomic E-state index is 0.284. The quantitative estimate of drug-likeness (QED) is 0.638. The largest absolute Gasteiger partial charge is 0.314 e. The Labute approximate surface area is 117 Å². The van der Waals surface area contributed by atoms with Gasteiger partial charge in [0.15, 0.2) is 0 Å². The van der Waals surface area contributed by atoms with E-state index >= 15 is 0 Å². The van der Waals surface area contributed by atoms with Crippen molar-refractivity contribution in [1.82, 2.24) is 10.0 Å². The zero-order chi connectivity index (χ0) is 13.6. The Morgan fingerprint density at radius 1 is 0.947 bits per heavy atom. The normalized spacial score (nSPS) is 21.7. The van der Waals surface area contributed by atoms with Crippen LogP contribution in [0.4, 0.5) is 0 Å². The first-order valence-corrected chi connectivity index (χ1v) is 9.52. The third-order valence-electron chi connectivity index (χ3n) is 4.17. The first kappa shape index (κ1) is 15.3. The second-order valence-electron chi connectivity index (χ2n) is 6.11. The molecular weight excluding hydrogens is 260 g/mol. The van der Waals surface area contributed by atoms with Gasteiger partial charge in [0.2, 0.25) is 10.0 Å². The van der Waals surface area contributed by atoms with Crippen LogP contribution in [-0.4, -0.2) is 33.3 Å². The van der Waals surface area contributed by atoms with Crippen molar-refractivity contribution >= 4 is 10.0 Å². The Morgan fingerprint density at radius 3 is 2.37 bits per heavy atom. The molecule has 5 heteroatoms. The smallest absolute Gasteiger partial charge is 0.211 e. The fourth-order valence-electron chi connectivity index (χ4n) is 2.72. The number of hydrogen-bond donors (Lipinski definition) is 2. The summed E-state index contributed by atoms with van der Waals surface area (Å²) in [7, 11) is -3.04. The molecule has 112 valence electrons. The molecule has 0 unspecified atom stereocenters. The van der Waals surface area contributed by atoms with E-state index in [0.29, 0.717) is 12.5 Å². The highest BCUT2D eigenvalue weighted by molar-refractivity contribution is 7.89. The lowest BCUT2D eigenvalue weighted by molar-refractivity contribution is 0.357. The van der Waals surface area contributed by atoms with Crippen LogP contribution in [0.1, 0.15) is 57.8 Å². The van der Waals surface area contributed by atoms with Crippen LogP contribution in [0.15, 0.2) is 0 Å². The summed E-state index contributed by atoms with van der Waals surface area (Å²) in [5.41, 5.74) is 0. The first-order chi connectivity index (χ1) is 9.16. The predicted molar refractivity (Wildman–Crippen MR) is 78.6 cm³/mol. The minimum Gasteiger partial charge on any atom is -0.314 e. The fourth-order valence-corrected chi connectivity index (χ4v) is 3.94. The van der Waals surface area contributed by atoms with Crippen LogP contribution in [0.5, 0.6) is 0 Å². The van der Waals surface area contributed by atoms with E-state index in [9.17, 15) is 8.42 Å². The average Bonchev–Trinajstić information content (AvgIpc) is 3.21. The van der Waals surface area contributed by atoms with Crippen LogP contribution in [0.3, 0.4) is 0 Å². The number of unbranched alkanes of at least 4 members (excludes halogenated alkanes) is 1. The maximum absolute atomic E-state index is 11.9. The molecule has 2 rings (SSSR count). The lowest BCUT2D eigenvalue weighted by Gasteiger charge is -2.21. The fraction of sp³-hybridized carbons (Fsp3) is 1.00. The first-order valence-electron chi connectivity index (χ1n) is 7.86. The van der Waals surface area contributed by atoms with Crippen molar-refractivity contribution in [2.75, 3.05) is 18.8 Å². The van der Waals surface area contributed by atoms with Crippen LogP contribution in [0, 0.1) is 5.92 Å². The summed E-state index contributed by atoms with van der Waals surface area (Å²) >= 11 is 0. The third kappa shape index (κ3) is 6.72. The van der Waals surface area contributed by atoms with Crippen molar-refractivity contribution in [2.45, 2.75) is 63.8 Å². The Morgan fingerprint density at radius 2 is 1.68 bits per heavy atom. The second kappa shape index (κ2) is 7.60. The van der Waals surface area contributed by atoms with Crippen molar-refractivity contribution in [3.05, 3.63) is 0 Å². The Bertz CT molecular complexity index is 346. The van der Waals surface area contributed by atoms with Crippen LogP contribution < -0.4 is 10.0 Å². The summed E-state index contributed by atoms with van der Waals surface area (Å²) in [4.78, 5) is 0. The summed E-state index contributed by atoms with van der Waals surface area (Å²) in [6.45, 7) is 1.62. The van der Waals surface area contributed by atoms with Crippen LogP contribution in [-0.2, 0) is 10.0 Å². The SMILES string of the molecule is O=S(=O)(CCCCNC1CC1)NCC1CCCCC1. The number of rotatable bonds is 9. The molecule has 0 amide bonds. The minimum atomic E-state index is -3.04. The zero-order valence-corrected chi connectivity index (χ0v) is 12.7. The van der Waals surface area contributed by atoms with Gasteiger partial charge in [0.1, 0.15) is 0 Å². The monoisotopic (exact) mass is 288 g/mol. The molecule has 0 saturated heterocycles. The van der Waals surface area contributed by atoms with Crippen molar-refractivity contribution in [3.63, 3.8) is 0 Å². The summed E-state index contributed by atoms with van der Waals surface area (Å²) in [6, 6.07) is 0.723. The molecule has 0 heterocycles. The highest BCUT2D eigenvalue weighted by Gasteiger charge is 2.20. The maximum Gasteiger partial charge on any atom is 0.211 e. The molecule has 4 nitrogen and oxygen atoms in total. The molecule has 0 atom stereocenters. The Hall–Kier alpha value is -0.130. The van der Waals surface area contributed by atoms with Crippen molar-refractivity contribution in [3.8, 4) is 0 Å². The van der Waals surface area contributed by atoms with Gasteiger partial charge in [-0.25, -0.2) is 13.1 Å². The molecule has 0 aromatic heterocycles. The number of hydrogen-bond acceptors (Lipinski definition) is 3. The van der Waals surface area contributed by atoms with Gasteiger partial charge < -0.3 is 5.32 Å². The van der Waals surface area contributed by atoms with E-state index in [1.807, 2.05) is 0 Å². The van der Waals surface area contributed by atoms with E-state index in [-0.39, 0.29) is 5.75 Å². The van der Waals surface area contributed by atoms with E-state index in [1.54, 1.807) is 0 Å². The molecule has 2 aliphatic rings. The van der Waals surface area contributed by atoms with Crippen molar-refractivity contribution < 1.29 is 8.42 Å². The second-order valence-corrected chi connectivity index (χ2v) is 8.03. The summed E-state index contributed by atoms with van der Waals surface area (Å²) in [5.74, 6) is 0.853. The molecule has 0 aromatic rings. The predicted octanol–water partition coefficient (Wildman–Crippen LogP) is 2.02. The average molecular weight is 288 g/mol. The molecule has 2 aliphatic carbocycles. The summed E-state index contributed by atoms with van der Waals surface area (Å²) in [5, 5.41) is 3.41. The molecule has 2 fully saturated rings. The van der Waals surface area contributed by atoms with E-state index < -0.39 is 10.0 Å². The lowest BCUT2D eigenvalue weighted by atomic mass is 9.90. The lowest BCUT2D eigenvalue weighted by Crippen LogP contribution is -2.32. The molecule has 0 aliphatic heterocycles. The van der Waals surface area contributed by atoms with E-state index in [4.69, 9.17) is 0 Å². The van der Waals surface area contributed by atoms with Gasteiger partial charge in [0.25, 0.3) is 0 Å². The van der Waals surface area contributed by atoms with Gasteiger partial charge in [0.05, 0.1) is 5.75 Å². The molecule has 19 heavy (non-hydrogen) atoms. The van der Waals surface area contributed by atoms with E-state index in [2.05, 4.69) is 10.0 Å². The van der Waals surface area contributed by atoms with Gasteiger partial charge in [-0.15, -0.1) is 0 Å². The number of nitrogens with one attached hydrogen (secondary N) is 2. The topological polar surface area (TPSA) is 58.2 Å². The van der Waals surface area contributed by atoms with Gasteiger partial charge in [0, 0.05) is 12.6 Å². The number of sulfonamides is 1. The van der Waals surface area contributed by atoms with Gasteiger partial charge >= 0.3 is 0 Å². The van der Waals surface area contributed by atoms with E-state index in [0.717, 1.165) is 25.4 Å². The van der Waals surface area contributed by atoms with E-state index in [1.165, 1.54) is 44.9 Å². The molecular formula is C14H28N2O2S. The molecule has 0 aromatic carbocycles. The molecule has 2 N–H and O–H groups in total. The van der Waals surface area contributed by atoms with Crippen molar-refractivity contribution in [2.24, 2.45) is 5.92 Å². The summed E-state index contributed by atoms with van der Waals surface area (Å²) < 4.78 is 26.5. The standard InChI is InChI=1S/C14H28N2O2S/c17-19(18,11-5-4-10-15-14-8-9-14)16-12-13-6-2-1-3-7-13/h13-16H,1-12H2. The highest BCUT2D eigenvalue weighted by atomic mass is 32.2. The van der Waals surface area contributed by atoms with Crippen LogP contribution in [0.2, 0.25) is 0 Å². The molecule has 0 radical (unpaired) electrons. The van der Waals surface area contributed by atoms with Gasteiger partial charge in [-0.3, -0.25) is 0 Å². The van der Waals surface area contributed by atoms with Gasteiger partial charge in [-0.05, 0) is 51.0 Å². The molecule has 2 saturated carbocycles. The zero-order valence-electron chi connectivity index (χ0n) is 11.9. The Balaban J connectivity index is 1.52. The van der Waals surface area contributed by atoms with Crippen molar-refractivity contribution in [1.29, 1.82) is 0 Å². The maximum atomic E-state index is 11.9. The highest BCUT2D eigenvalue weighted by Crippen LogP contribution is 2.23. The van der Waals surface area contributed by atoms with Crippen LogP contribution >= 0.6 is 0 Å². The Kier molecular flexibility index (Phi) is 6.10. The van der Waals surface area contributed by atoms with Gasteiger partial charge in [-0.2, -0.15) is 0 Å². The summed E-state index contributed by atoms with van der Waals surface area (Å²) in [6.07, 6.45) is 10.5. The van der Waals surface area contributed by atoms with Gasteiger partial charge in [-0.1, -0.05) is 19.3 Å². The molecule has 0 bridgehead atoms. The van der Waals surface area contributed by atoms with Crippen LogP contribution in [0.25, 0.3) is 0 Å².